The Hall–Kier alpha value is -3.67. The highest BCUT2D eigenvalue weighted by atomic mass is 16.4. The van der Waals surface area contributed by atoms with Gasteiger partial charge in [-0.15, -0.1) is 0 Å². The molecule has 28 heavy (non-hydrogen) atoms. The van der Waals surface area contributed by atoms with E-state index in [0.29, 0.717) is 31.0 Å². The van der Waals surface area contributed by atoms with E-state index < -0.39 is 0 Å². The minimum absolute atomic E-state index is 0.0318. The molecule has 0 atom stereocenters. The van der Waals surface area contributed by atoms with Crippen LogP contribution in [0, 0.1) is 0 Å². The molecule has 1 N–H and O–H groups in total. The predicted octanol–water partition coefficient (Wildman–Crippen LogP) is 3.78. The van der Waals surface area contributed by atoms with Gasteiger partial charge in [-0.25, -0.2) is 9.67 Å². The van der Waals surface area contributed by atoms with Crippen molar-refractivity contribution in [1.82, 2.24) is 20.1 Å². The van der Waals surface area contributed by atoms with E-state index in [9.17, 15) is 4.79 Å². The average Bonchev–Trinajstić information content (AvgIpc) is 3.44. The zero-order valence-electron chi connectivity index (χ0n) is 15.3. The summed E-state index contributed by atoms with van der Waals surface area (Å²) < 4.78 is 7.53. The van der Waals surface area contributed by atoms with Crippen molar-refractivity contribution in [3.63, 3.8) is 0 Å². The van der Waals surface area contributed by atoms with Gasteiger partial charge in [0.25, 0.3) is 0 Å². The van der Waals surface area contributed by atoms with Gasteiger partial charge in [0, 0.05) is 37.3 Å². The molecule has 0 aliphatic heterocycles. The molecule has 6 heteroatoms. The summed E-state index contributed by atoms with van der Waals surface area (Å²) in [5.41, 5.74) is 2.99. The van der Waals surface area contributed by atoms with Crippen molar-refractivity contribution in [2.24, 2.45) is 0 Å². The maximum atomic E-state index is 12.1. The van der Waals surface area contributed by atoms with E-state index in [4.69, 9.17) is 4.42 Å². The van der Waals surface area contributed by atoms with Crippen LogP contribution in [0.5, 0.6) is 0 Å². The van der Waals surface area contributed by atoms with Gasteiger partial charge >= 0.3 is 0 Å². The summed E-state index contributed by atoms with van der Waals surface area (Å²) in [7, 11) is 0. The second kappa shape index (κ2) is 8.35. The third-order valence-corrected chi connectivity index (χ3v) is 4.37. The molecule has 0 spiro atoms. The van der Waals surface area contributed by atoms with Gasteiger partial charge in [0.15, 0.2) is 11.7 Å². The molecule has 2 aromatic carbocycles. The van der Waals surface area contributed by atoms with Crippen molar-refractivity contribution in [3.05, 3.63) is 90.7 Å². The van der Waals surface area contributed by atoms with E-state index in [1.54, 1.807) is 17.1 Å². The topological polar surface area (TPSA) is 73.0 Å². The fourth-order valence-corrected chi connectivity index (χ4v) is 2.86. The second-order valence-corrected chi connectivity index (χ2v) is 6.38. The Balaban J connectivity index is 1.25. The summed E-state index contributed by atoms with van der Waals surface area (Å²) in [4.78, 5) is 16.4. The van der Waals surface area contributed by atoms with E-state index in [1.807, 2.05) is 66.9 Å². The Labute approximate surface area is 162 Å². The first-order chi connectivity index (χ1) is 13.8. The first-order valence-electron chi connectivity index (χ1n) is 9.14. The van der Waals surface area contributed by atoms with Crippen molar-refractivity contribution >= 4 is 5.91 Å². The lowest BCUT2D eigenvalue weighted by Crippen LogP contribution is -2.23. The van der Waals surface area contributed by atoms with Crippen LogP contribution in [0.25, 0.3) is 17.0 Å². The minimum Gasteiger partial charge on any atom is -0.441 e. The van der Waals surface area contributed by atoms with E-state index in [1.165, 1.54) is 0 Å². The highest BCUT2D eigenvalue weighted by Crippen LogP contribution is 2.20. The molecule has 140 valence electrons. The number of oxazole rings is 1. The van der Waals surface area contributed by atoms with Crippen LogP contribution in [0.3, 0.4) is 0 Å². The molecular weight excluding hydrogens is 352 g/mol. The Morgan fingerprint density at radius 3 is 2.61 bits per heavy atom. The van der Waals surface area contributed by atoms with Gasteiger partial charge in [-0.3, -0.25) is 4.79 Å². The number of nitrogens with zero attached hydrogens (tertiary/aromatic N) is 3. The summed E-state index contributed by atoms with van der Waals surface area (Å²) in [5.74, 6) is 1.25. The number of rotatable bonds is 7. The van der Waals surface area contributed by atoms with Crippen LogP contribution in [0.1, 0.15) is 17.9 Å². The maximum Gasteiger partial charge on any atom is 0.220 e. The van der Waals surface area contributed by atoms with Gasteiger partial charge in [0.2, 0.25) is 5.91 Å². The average molecular weight is 372 g/mol. The third-order valence-electron chi connectivity index (χ3n) is 4.37. The number of hydrogen-bond acceptors (Lipinski definition) is 4. The molecule has 0 saturated heterocycles. The van der Waals surface area contributed by atoms with Crippen molar-refractivity contribution in [3.8, 4) is 17.0 Å². The normalized spacial score (nSPS) is 10.7. The molecule has 0 fully saturated rings. The van der Waals surface area contributed by atoms with Crippen LogP contribution in [0.2, 0.25) is 0 Å². The molecule has 0 aliphatic carbocycles. The molecule has 6 nitrogen and oxygen atoms in total. The number of amides is 1. The lowest BCUT2D eigenvalue weighted by atomic mass is 10.2. The molecular formula is C22H20N4O2. The monoisotopic (exact) mass is 372 g/mol. The first-order valence-corrected chi connectivity index (χ1v) is 9.14. The largest absolute Gasteiger partial charge is 0.441 e. The van der Waals surface area contributed by atoms with Gasteiger partial charge in [0.1, 0.15) is 0 Å². The van der Waals surface area contributed by atoms with Gasteiger partial charge in [-0.05, 0) is 23.8 Å². The molecule has 4 aromatic rings. The number of aromatic nitrogens is 3. The summed E-state index contributed by atoms with van der Waals surface area (Å²) in [6.45, 7) is 0.485. The van der Waals surface area contributed by atoms with Crippen LogP contribution < -0.4 is 5.32 Å². The van der Waals surface area contributed by atoms with Crippen LogP contribution in [0.15, 0.2) is 83.7 Å². The molecule has 2 aromatic heterocycles. The fourth-order valence-electron chi connectivity index (χ4n) is 2.86. The van der Waals surface area contributed by atoms with Crippen molar-refractivity contribution < 1.29 is 9.21 Å². The number of carbonyl (C=O) groups is 1. The molecule has 2 heterocycles. The van der Waals surface area contributed by atoms with Crippen molar-refractivity contribution in [1.29, 1.82) is 0 Å². The van der Waals surface area contributed by atoms with Crippen molar-refractivity contribution in [2.45, 2.75) is 19.4 Å². The zero-order chi connectivity index (χ0) is 19.2. The zero-order valence-corrected chi connectivity index (χ0v) is 15.3. The Bertz CT molecular complexity index is 1020. The third kappa shape index (κ3) is 4.35. The van der Waals surface area contributed by atoms with Crippen LogP contribution in [-0.2, 0) is 17.8 Å². The molecule has 0 unspecified atom stereocenters. The van der Waals surface area contributed by atoms with E-state index in [-0.39, 0.29) is 5.91 Å². The lowest BCUT2D eigenvalue weighted by Gasteiger charge is -2.06. The number of nitrogens with one attached hydrogen (secondary N) is 1. The molecule has 0 saturated carbocycles. The van der Waals surface area contributed by atoms with Gasteiger partial charge in [-0.2, -0.15) is 5.10 Å². The predicted molar refractivity (Wildman–Crippen MR) is 106 cm³/mol. The Kier molecular flexibility index (Phi) is 5.29. The van der Waals surface area contributed by atoms with E-state index in [0.717, 1.165) is 16.8 Å². The Morgan fingerprint density at radius 1 is 1.04 bits per heavy atom. The fraction of sp³-hybridized carbons (Fsp3) is 0.136. The number of carbonyl (C=O) groups excluding carboxylic acids is 1. The highest BCUT2D eigenvalue weighted by molar-refractivity contribution is 5.76. The van der Waals surface area contributed by atoms with Crippen LogP contribution >= 0.6 is 0 Å². The minimum atomic E-state index is -0.0318. The van der Waals surface area contributed by atoms with Gasteiger partial charge < -0.3 is 9.73 Å². The van der Waals surface area contributed by atoms with E-state index in [2.05, 4.69) is 15.4 Å². The number of aryl methyl sites for hydroxylation is 1. The number of benzene rings is 2. The first kappa shape index (κ1) is 17.7. The highest BCUT2D eigenvalue weighted by Gasteiger charge is 2.09. The molecule has 4 rings (SSSR count). The summed E-state index contributed by atoms with van der Waals surface area (Å²) >= 11 is 0. The van der Waals surface area contributed by atoms with Crippen LogP contribution in [0.4, 0.5) is 0 Å². The van der Waals surface area contributed by atoms with E-state index >= 15 is 0 Å². The summed E-state index contributed by atoms with van der Waals surface area (Å²) in [6.07, 6.45) is 6.13. The quantitative estimate of drug-likeness (QED) is 0.536. The molecule has 1 amide bonds. The smallest absolute Gasteiger partial charge is 0.220 e. The second-order valence-electron chi connectivity index (χ2n) is 6.38. The number of hydrogen-bond donors (Lipinski definition) is 1. The summed E-state index contributed by atoms with van der Waals surface area (Å²) in [6, 6.07) is 19.6. The van der Waals surface area contributed by atoms with Crippen molar-refractivity contribution in [2.75, 3.05) is 0 Å². The van der Waals surface area contributed by atoms with Gasteiger partial charge in [0.05, 0.1) is 11.9 Å². The molecule has 0 aliphatic rings. The van der Waals surface area contributed by atoms with Crippen LogP contribution in [-0.4, -0.2) is 20.7 Å². The Morgan fingerprint density at radius 2 is 1.86 bits per heavy atom. The summed E-state index contributed by atoms with van der Waals surface area (Å²) in [5, 5.41) is 7.13. The molecule has 0 bridgehead atoms. The standard InChI is InChI=1S/C22H20N4O2/c27-21(11-12-22-24-16-20(28-22)18-5-2-1-3-6-18)23-15-17-7-9-19(10-8-17)26-14-4-13-25-26/h1-10,13-14,16H,11-12,15H2,(H,23,27). The van der Waals surface area contributed by atoms with Gasteiger partial charge in [-0.1, -0.05) is 42.5 Å². The maximum absolute atomic E-state index is 12.1. The SMILES string of the molecule is O=C(CCc1ncc(-c2ccccc2)o1)NCc1ccc(-n2cccn2)cc1. The lowest BCUT2D eigenvalue weighted by molar-refractivity contribution is -0.121. The molecule has 0 radical (unpaired) electrons.